The molecule has 0 fully saturated rings. The van der Waals surface area contributed by atoms with Crippen molar-refractivity contribution < 1.29 is 18.0 Å². The van der Waals surface area contributed by atoms with Gasteiger partial charge in [-0.05, 0) is 47.5 Å². The summed E-state index contributed by atoms with van der Waals surface area (Å²) >= 11 is 0. The molecule has 2 amide bonds. The number of sulfone groups is 1. The zero-order chi connectivity index (χ0) is 23.1. The van der Waals surface area contributed by atoms with Gasteiger partial charge in [-0.25, -0.2) is 8.42 Å². The van der Waals surface area contributed by atoms with E-state index in [0.717, 1.165) is 5.56 Å². The number of hydrogen-bond acceptors (Lipinski definition) is 4. The van der Waals surface area contributed by atoms with E-state index in [1.54, 1.807) is 66.7 Å². The molecule has 3 aromatic carbocycles. The van der Waals surface area contributed by atoms with Crippen LogP contribution in [0.2, 0.25) is 0 Å². The molecule has 0 atom stereocenters. The van der Waals surface area contributed by atoms with Crippen LogP contribution >= 0.6 is 0 Å². The molecule has 3 rings (SSSR count). The lowest BCUT2D eigenvalue weighted by atomic mass is 10.1. The largest absolute Gasteiger partial charge is 0.348 e. The Kier molecular flexibility index (Phi) is 7.43. The van der Waals surface area contributed by atoms with E-state index in [-0.39, 0.29) is 28.4 Å². The lowest BCUT2D eigenvalue weighted by molar-refractivity contribution is -0.118. The van der Waals surface area contributed by atoms with Gasteiger partial charge in [-0.3, -0.25) is 9.59 Å². The first-order valence-electron chi connectivity index (χ1n) is 10.3. The number of nitrogens with one attached hydrogen (secondary N) is 2. The molecule has 0 aliphatic rings. The van der Waals surface area contributed by atoms with Crippen molar-refractivity contribution in [3.05, 3.63) is 95.6 Å². The second-order valence-corrected chi connectivity index (χ2v) is 9.79. The molecule has 0 radical (unpaired) electrons. The van der Waals surface area contributed by atoms with Gasteiger partial charge < -0.3 is 10.6 Å². The highest BCUT2D eigenvalue weighted by atomic mass is 32.2. The monoisotopic (exact) mass is 450 g/mol. The Morgan fingerprint density at radius 2 is 1.53 bits per heavy atom. The van der Waals surface area contributed by atoms with Gasteiger partial charge in [-0.2, -0.15) is 0 Å². The Bertz CT molecular complexity index is 1190. The van der Waals surface area contributed by atoms with Gasteiger partial charge in [0, 0.05) is 23.7 Å². The fraction of sp³-hybridized carbons (Fsp3) is 0.200. The van der Waals surface area contributed by atoms with E-state index in [1.807, 2.05) is 26.0 Å². The van der Waals surface area contributed by atoms with Crippen LogP contribution in [0.25, 0.3) is 0 Å². The molecular formula is C25H26N2O4S. The minimum atomic E-state index is -3.49. The number of anilines is 1. The summed E-state index contributed by atoms with van der Waals surface area (Å²) in [5, 5.41) is 5.66. The summed E-state index contributed by atoms with van der Waals surface area (Å²) in [5.41, 5.74) is 2.52. The average Bonchev–Trinajstić information content (AvgIpc) is 2.79. The molecular weight excluding hydrogens is 424 g/mol. The van der Waals surface area contributed by atoms with Gasteiger partial charge in [0.1, 0.15) is 0 Å². The highest BCUT2D eigenvalue weighted by molar-refractivity contribution is 7.90. The normalized spacial score (nSPS) is 11.2. The average molecular weight is 451 g/mol. The van der Waals surface area contributed by atoms with Crippen LogP contribution < -0.4 is 10.6 Å². The third-order valence-corrected chi connectivity index (χ3v) is 6.55. The van der Waals surface area contributed by atoms with E-state index in [0.29, 0.717) is 23.4 Å². The van der Waals surface area contributed by atoms with Crippen LogP contribution in [0, 0.1) is 5.92 Å². The van der Waals surface area contributed by atoms with Crippen LogP contribution in [0.1, 0.15) is 35.3 Å². The Labute approximate surface area is 188 Å². The number of rotatable bonds is 8. The van der Waals surface area contributed by atoms with Crippen molar-refractivity contribution in [3.8, 4) is 0 Å². The molecule has 6 nitrogen and oxygen atoms in total. The smallest absolute Gasteiger partial charge is 0.251 e. The van der Waals surface area contributed by atoms with Gasteiger partial charge in [0.25, 0.3) is 5.91 Å². The summed E-state index contributed by atoms with van der Waals surface area (Å²) < 4.78 is 25.2. The van der Waals surface area contributed by atoms with Crippen molar-refractivity contribution in [2.75, 3.05) is 5.32 Å². The van der Waals surface area contributed by atoms with E-state index < -0.39 is 9.84 Å². The summed E-state index contributed by atoms with van der Waals surface area (Å²) in [5.74, 6) is -0.629. The molecule has 0 aliphatic carbocycles. The highest BCUT2D eigenvalue weighted by Gasteiger charge is 2.16. The van der Waals surface area contributed by atoms with Crippen molar-refractivity contribution in [1.29, 1.82) is 0 Å². The van der Waals surface area contributed by atoms with Crippen molar-refractivity contribution in [2.45, 2.75) is 31.0 Å². The molecule has 3 aromatic rings. The maximum absolute atomic E-state index is 12.6. The number of benzene rings is 3. The van der Waals surface area contributed by atoms with Crippen LogP contribution in [0.4, 0.5) is 5.69 Å². The van der Waals surface area contributed by atoms with Crippen molar-refractivity contribution in [1.82, 2.24) is 5.32 Å². The maximum Gasteiger partial charge on any atom is 0.251 e. The highest BCUT2D eigenvalue weighted by Crippen LogP contribution is 2.17. The van der Waals surface area contributed by atoms with Gasteiger partial charge >= 0.3 is 0 Å². The van der Waals surface area contributed by atoms with Gasteiger partial charge in [0.15, 0.2) is 9.84 Å². The number of carbonyl (C=O) groups is 2. The van der Waals surface area contributed by atoms with Crippen LogP contribution in [0.5, 0.6) is 0 Å². The van der Waals surface area contributed by atoms with Gasteiger partial charge in [-0.15, -0.1) is 0 Å². The van der Waals surface area contributed by atoms with Crippen molar-refractivity contribution >= 4 is 27.3 Å². The molecule has 0 aromatic heterocycles. The first kappa shape index (κ1) is 23.2. The first-order chi connectivity index (χ1) is 15.2. The van der Waals surface area contributed by atoms with Crippen molar-refractivity contribution in [2.24, 2.45) is 5.92 Å². The predicted molar refractivity (Wildman–Crippen MR) is 125 cm³/mol. The van der Waals surface area contributed by atoms with E-state index in [1.165, 1.54) is 0 Å². The molecule has 0 saturated carbocycles. The van der Waals surface area contributed by atoms with E-state index >= 15 is 0 Å². The second-order valence-electron chi connectivity index (χ2n) is 7.80. The molecule has 32 heavy (non-hydrogen) atoms. The van der Waals surface area contributed by atoms with Crippen LogP contribution in [0.3, 0.4) is 0 Å². The third kappa shape index (κ3) is 6.28. The molecule has 166 valence electrons. The first-order valence-corrected chi connectivity index (χ1v) is 11.9. The molecule has 0 aliphatic heterocycles. The predicted octanol–water partition coefficient (Wildman–Crippen LogP) is 4.19. The number of amides is 2. The van der Waals surface area contributed by atoms with E-state index in [4.69, 9.17) is 0 Å². The fourth-order valence-electron chi connectivity index (χ4n) is 3.01. The summed E-state index contributed by atoms with van der Waals surface area (Å²) in [6.07, 6.45) is 0. The third-order valence-electron chi connectivity index (χ3n) is 4.85. The Morgan fingerprint density at radius 3 is 2.19 bits per heavy atom. The van der Waals surface area contributed by atoms with Crippen LogP contribution in [0.15, 0.2) is 83.8 Å². The van der Waals surface area contributed by atoms with Gasteiger partial charge in [0.2, 0.25) is 5.91 Å². The lowest BCUT2D eigenvalue weighted by Crippen LogP contribution is -2.23. The van der Waals surface area contributed by atoms with E-state index in [9.17, 15) is 18.0 Å². The molecule has 0 bridgehead atoms. The topological polar surface area (TPSA) is 92.3 Å². The summed E-state index contributed by atoms with van der Waals surface area (Å²) in [6, 6.07) is 22.1. The lowest BCUT2D eigenvalue weighted by Gasteiger charge is -2.10. The minimum absolute atomic E-state index is 0.0554. The Hall–Kier alpha value is -3.45. The minimum Gasteiger partial charge on any atom is -0.348 e. The molecule has 7 heteroatoms. The fourth-order valence-corrected chi connectivity index (χ4v) is 4.37. The Balaban J connectivity index is 1.61. The quantitative estimate of drug-likeness (QED) is 0.538. The molecule has 0 saturated heterocycles. The SMILES string of the molecule is CC(C)C(=O)Nc1ccc(CNC(=O)c2cccc(CS(=O)(=O)c3ccccc3)c2)cc1. The summed E-state index contributed by atoms with van der Waals surface area (Å²) in [4.78, 5) is 24.6. The number of hydrogen-bond donors (Lipinski definition) is 2. The zero-order valence-electron chi connectivity index (χ0n) is 18.0. The second kappa shape index (κ2) is 10.2. The van der Waals surface area contributed by atoms with Crippen LogP contribution in [-0.4, -0.2) is 20.2 Å². The Morgan fingerprint density at radius 1 is 0.844 bits per heavy atom. The van der Waals surface area contributed by atoms with Crippen LogP contribution in [-0.2, 0) is 26.9 Å². The standard InChI is InChI=1S/C25H26N2O4S/c1-18(2)24(28)27-22-13-11-19(12-14-22)16-26-25(29)21-8-6-7-20(15-21)17-32(30,31)23-9-4-3-5-10-23/h3-15,18H,16-17H2,1-2H3,(H,26,29)(H,27,28). The molecule has 2 N–H and O–H groups in total. The summed E-state index contributed by atoms with van der Waals surface area (Å²) in [6.45, 7) is 3.96. The molecule has 0 unspecified atom stereocenters. The van der Waals surface area contributed by atoms with Gasteiger partial charge in [0.05, 0.1) is 10.6 Å². The molecule has 0 spiro atoms. The van der Waals surface area contributed by atoms with Crippen molar-refractivity contribution in [3.63, 3.8) is 0 Å². The zero-order valence-corrected chi connectivity index (χ0v) is 18.9. The molecule has 0 heterocycles. The van der Waals surface area contributed by atoms with E-state index in [2.05, 4.69) is 10.6 Å². The van der Waals surface area contributed by atoms with Gasteiger partial charge in [-0.1, -0.05) is 56.3 Å². The number of carbonyl (C=O) groups excluding carboxylic acids is 2. The summed E-state index contributed by atoms with van der Waals surface area (Å²) in [7, 11) is -3.49. The maximum atomic E-state index is 12.6.